The summed E-state index contributed by atoms with van der Waals surface area (Å²) in [5, 5.41) is 6.86. The zero-order valence-electron chi connectivity index (χ0n) is 8.72. The monoisotopic (exact) mass is 183 g/mol. The zero-order chi connectivity index (χ0) is 9.90. The van der Waals surface area contributed by atoms with Crippen LogP contribution in [0.25, 0.3) is 0 Å². The number of hydrogen-bond donors (Lipinski definition) is 1. The Morgan fingerprint density at radius 2 is 2.08 bits per heavy atom. The summed E-state index contributed by atoms with van der Waals surface area (Å²) >= 11 is 0. The van der Waals surface area contributed by atoms with Gasteiger partial charge >= 0.3 is 0 Å². The molecule has 0 aliphatic rings. The fourth-order valence-electron chi connectivity index (χ4n) is 1.06. The number of nitrogens with one attached hydrogen (secondary N) is 1. The van der Waals surface area contributed by atoms with Crippen molar-refractivity contribution in [3.63, 3.8) is 0 Å². The molecule has 0 aromatic carbocycles. The van der Waals surface area contributed by atoms with Gasteiger partial charge in [-0.05, 0) is 12.5 Å². The summed E-state index contributed by atoms with van der Waals surface area (Å²) in [5.41, 5.74) is 0.209. The van der Waals surface area contributed by atoms with Crippen LogP contribution in [0.2, 0.25) is 0 Å². The van der Waals surface area contributed by atoms with Crippen LogP contribution in [0.15, 0.2) is 4.52 Å². The van der Waals surface area contributed by atoms with Gasteiger partial charge in [0.1, 0.15) is 0 Å². The Labute approximate surface area is 78.7 Å². The summed E-state index contributed by atoms with van der Waals surface area (Å²) in [7, 11) is 1.85. The molecule has 0 unspecified atom stereocenters. The van der Waals surface area contributed by atoms with Crippen LogP contribution in [0, 0.1) is 5.41 Å². The van der Waals surface area contributed by atoms with Gasteiger partial charge in [0, 0.05) is 6.42 Å². The van der Waals surface area contributed by atoms with Crippen LogP contribution in [0.4, 0.5) is 0 Å². The molecule has 74 valence electrons. The van der Waals surface area contributed by atoms with Crippen molar-refractivity contribution in [3.8, 4) is 0 Å². The molecule has 0 spiro atoms. The molecule has 0 aliphatic heterocycles. The molecule has 0 saturated carbocycles. The lowest BCUT2D eigenvalue weighted by molar-refractivity contribution is 0.351. The third-order valence-corrected chi connectivity index (χ3v) is 1.53. The van der Waals surface area contributed by atoms with E-state index in [2.05, 4.69) is 36.2 Å². The lowest BCUT2D eigenvalue weighted by Crippen LogP contribution is -2.11. The van der Waals surface area contributed by atoms with E-state index in [1.165, 1.54) is 0 Å². The molecule has 0 saturated heterocycles. The maximum Gasteiger partial charge on any atom is 0.240 e. The van der Waals surface area contributed by atoms with Gasteiger partial charge in [-0.15, -0.1) is 0 Å². The molecule has 0 bridgehead atoms. The maximum absolute atomic E-state index is 5.03. The molecule has 1 N–H and O–H groups in total. The van der Waals surface area contributed by atoms with Crippen LogP contribution in [-0.4, -0.2) is 17.2 Å². The minimum Gasteiger partial charge on any atom is -0.338 e. The summed E-state index contributed by atoms with van der Waals surface area (Å²) in [4.78, 5) is 4.25. The molecule has 0 fully saturated rings. The van der Waals surface area contributed by atoms with Crippen molar-refractivity contribution >= 4 is 0 Å². The Morgan fingerprint density at radius 1 is 1.38 bits per heavy atom. The molecule has 0 aliphatic carbocycles. The van der Waals surface area contributed by atoms with E-state index in [1.807, 2.05) is 7.05 Å². The van der Waals surface area contributed by atoms with Gasteiger partial charge in [-0.3, -0.25) is 0 Å². The first kappa shape index (κ1) is 10.2. The quantitative estimate of drug-likeness (QED) is 0.769. The van der Waals surface area contributed by atoms with Gasteiger partial charge in [0.05, 0.1) is 6.54 Å². The molecule has 1 rings (SSSR count). The molecule has 1 aromatic rings. The van der Waals surface area contributed by atoms with Crippen LogP contribution in [-0.2, 0) is 13.0 Å². The topological polar surface area (TPSA) is 51.0 Å². The normalized spacial score (nSPS) is 12.0. The van der Waals surface area contributed by atoms with Crippen LogP contribution < -0.4 is 5.32 Å². The van der Waals surface area contributed by atoms with E-state index in [4.69, 9.17) is 4.52 Å². The molecule has 0 radical (unpaired) electrons. The smallest absolute Gasteiger partial charge is 0.240 e. The first-order valence-corrected chi connectivity index (χ1v) is 4.47. The number of aromatic nitrogens is 2. The molecule has 0 amide bonds. The van der Waals surface area contributed by atoms with E-state index in [0.29, 0.717) is 12.4 Å². The van der Waals surface area contributed by atoms with Crippen molar-refractivity contribution in [3.05, 3.63) is 11.7 Å². The third-order valence-electron chi connectivity index (χ3n) is 1.53. The third kappa shape index (κ3) is 3.55. The number of hydrogen-bond acceptors (Lipinski definition) is 4. The first-order chi connectivity index (χ1) is 6.01. The highest BCUT2D eigenvalue weighted by atomic mass is 16.5. The van der Waals surface area contributed by atoms with E-state index in [9.17, 15) is 0 Å². The lowest BCUT2D eigenvalue weighted by atomic mass is 9.92. The van der Waals surface area contributed by atoms with Crippen molar-refractivity contribution in [1.29, 1.82) is 0 Å². The Bertz CT molecular complexity index is 262. The molecule has 4 heteroatoms. The largest absolute Gasteiger partial charge is 0.338 e. The molecule has 13 heavy (non-hydrogen) atoms. The van der Waals surface area contributed by atoms with E-state index in [-0.39, 0.29) is 5.41 Å². The minimum absolute atomic E-state index is 0.209. The molecule has 1 aromatic heterocycles. The summed E-state index contributed by atoms with van der Waals surface area (Å²) in [6, 6.07) is 0. The van der Waals surface area contributed by atoms with Crippen molar-refractivity contribution in [2.45, 2.75) is 33.7 Å². The van der Waals surface area contributed by atoms with Crippen molar-refractivity contribution < 1.29 is 4.52 Å². The van der Waals surface area contributed by atoms with Crippen LogP contribution in [0.5, 0.6) is 0 Å². The lowest BCUT2D eigenvalue weighted by Gasteiger charge is -2.14. The Balaban J connectivity index is 2.59. The van der Waals surface area contributed by atoms with Crippen LogP contribution in [0.1, 0.15) is 32.5 Å². The predicted octanol–water partition coefficient (Wildman–Crippen LogP) is 1.38. The molecule has 0 atom stereocenters. The second kappa shape index (κ2) is 3.87. The highest BCUT2D eigenvalue weighted by Crippen LogP contribution is 2.18. The summed E-state index contributed by atoms with van der Waals surface area (Å²) in [6.07, 6.45) is 0.847. The summed E-state index contributed by atoms with van der Waals surface area (Å²) in [5.74, 6) is 1.44. The van der Waals surface area contributed by atoms with Gasteiger partial charge in [-0.25, -0.2) is 0 Å². The minimum atomic E-state index is 0.209. The van der Waals surface area contributed by atoms with Gasteiger partial charge in [-0.2, -0.15) is 4.98 Å². The maximum atomic E-state index is 5.03. The Morgan fingerprint density at radius 3 is 2.62 bits per heavy atom. The number of rotatable bonds is 3. The summed E-state index contributed by atoms with van der Waals surface area (Å²) < 4.78 is 5.03. The predicted molar refractivity (Wildman–Crippen MR) is 50.2 cm³/mol. The van der Waals surface area contributed by atoms with Crippen molar-refractivity contribution in [2.24, 2.45) is 5.41 Å². The molecular formula is C9H17N3O. The summed E-state index contributed by atoms with van der Waals surface area (Å²) in [6.45, 7) is 7.10. The van der Waals surface area contributed by atoms with Crippen LogP contribution >= 0.6 is 0 Å². The Kier molecular flexibility index (Phi) is 3.03. The fraction of sp³-hybridized carbons (Fsp3) is 0.778. The molecular weight excluding hydrogens is 166 g/mol. The van der Waals surface area contributed by atoms with E-state index < -0.39 is 0 Å². The molecule has 4 nitrogen and oxygen atoms in total. The van der Waals surface area contributed by atoms with E-state index in [0.717, 1.165) is 12.2 Å². The Hall–Kier alpha value is -0.900. The van der Waals surface area contributed by atoms with E-state index in [1.54, 1.807) is 0 Å². The van der Waals surface area contributed by atoms with Crippen LogP contribution in [0.3, 0.4) is 0 Å². The van der Waals surface area contributed by atoms with Gasteiger partial charge in [0.2, 0.25) is 5.89 Å². The van der Waals surface area contributed by atoms with Gasteiger partial charge in [0.15, 0.2) is 5.82 Å². The standard InChI is InChI=1S/C9H17N3O/c1-9(2,3)5-7-11-8(6-10-4)13-12-7/h10H,5-6H2,1-4H3. The second-order valence-electron chi connectivity index (χ2n) is 4.37. The highest BCUT2D eigenvalue weighted by molar-refractivity contribution is 4.89. The number of nitrogens with zero attached hydrogens (tertiary/aromatic N) is 2. The average Bonchev–Trinajstić information content (AvgIpc) is 2.33. The highest BCUT2D eigenvalue weighted by Gasteiger charge is 2.15. The van der Waals surface area contributed by atoms with Gasteiger partial charge in [-0.1, -0.05) is 25.9 Å². The molecule has 1 heterocycles. The van der Waals surface area contributed by atoms with Crippen molar-refractivity contribution in [2.75, 3.05) is 7.05 Å². The first-order valence-electron chi connectivity index (χ1n) is 4.47. The fourth-order valence-corrected chi connectivity index (χ4v) is 1.06. The average molecular weight is 183 g/mol. The zero-order valence-corrected chi connectivity index (χ0v) is 8.72. The van der Waals surface area contributed by atoms with Crippen molar-refractivity contribution in [1.82, 2.24) is 15.5 Å². The SMILES string of the molecule is CNCc1nc(CC(C)(C)C)no1. The van der Waals surface area contributed by atoms with Gasteiger partial charge < -0.3 is 9.84 Å². The van der Waals surface area contributed by atoms with Gasteiger partial charge in [0.25, 0.3) is 0 Å². The second-order valence-corrected chi connectivity index (χ2v) is 4.37. The van der Waals surface area contributed by atoms with E-state index >= 15 is 0 Å².